The van der Waals surface area contributed by atoms with Crippen molar-refractivity contribution in [1.29, 1.82) is 0 Å². The zero-order valence-corrected chi connectivity index (χ0v) is 16.9. The van der Waals surface area contributed by atoms with Gasteiger partial charge in [-0.15, -0.1) is 0 Å². The fourth-order valence-electron chi connectivity index (χ4n) is 3.01. The van der Waals surface area contributed by atoms with Crippen LogP contribution < -0.4 is 0 Å². The Morgan fingerprint density at radius 2 is 1.25 bits per heavy atom. The van der Waals surface area contributed by atoms with Crippen molar-refractivity contribution in [2.75, 3.05) is 19.8 Å². The van der Waals surface area contributed by atoms with Crippen LogP contribution in [0, 0.1) is 5.92 Å². The Kier molecular flexibility index (Phi) is 15.9. The zero-order chi connectivity index (χ0) is 18.1. The Hall–Kier alpha value is -0.380. The van der Waals surface area contributed by atoms with E-state index >= 15 is 0 Å². The molecule has 0 saturated heterocycles. The molecular formula is C21H42O3. The molecule has 1 unspecified atom stereocenters. The van der Waals surface area contributed by atoms with E-state index < -0.39 is 5.97 Å². The van der Waals surface area contributed by atoms with Crippen LogP contribution in [-0.2, 0) is 14.2 Å². The average molecular weight is 343 g/mol. The maximum absolute atomic E-state index is 6.00. The Bertz CT molecular complexity index is 272. The lowest BCUT2D eigenvalue weighted by atomic mass is 9.96. The normalized spacial score (nSPS) is 13.7. The van der Waals surface area contributed by atoms with Crippen molar-refractivity contribution in [1.82, 2.24) is 0 Å². The van der Waals surface area contributed by atoms with Crippen LogP contribution in [0.15, 0.2) is 12.2 Å². The summed E-state index contributed by atoms with van der Waals surface area (Å²) in [6.45, 7) is 12.3. The van der Waals surface area contributed by atoms with Gasteiger partial charge in [0.05, 0.1) is 5.92 Å². The highest BCUT2D eigenvalue weighted by Gasteiger charge is 2.40. The third-order valence-electron chi connectivity index (χ3n) is 4.18. The molecule has 0 heterocycles. The van der Waals surface area contributed by atoms with E-state index in [9.17, 15) is 0 Å². The lowest BCUT2D eigenvalue weighted by molar-refractivity contribution is -0.395. The SMILES string of the molecule is CCCC=CC(CCCCCCCC)C(OCC)(OCC)OCC. The number of unbranched alkanes of at least 4 members (excludes halogenated alkanes) is 6. The van der Waals surface area contributed by atoms with E-state index in [0.29, 0.717) is 19.8 Å². The summed E-state index contributed by atoms with van der Waals surface area (Å²) < 4.78 is 18.0. The van der Waals surface area contributed by atoms with Crippen LogP contribution in [0.25, 0.3) is 0 Å². The van der Waals surface area contributed by atoms with Gasteiger partial charge in [-0.1, -0.05) is 70.9 Å². The number of hydrogen-bond acceptors (Lipinski definition) is 3. The monoisotopic (exact) mass is 342 g/mol. The van der Waals surface area contributed by atoms with Crippen LogP contribution in [-0.4, -0.2) is 25.8 Å². The maximum Gasteiger partial charge on any atom is 0.289 e. The summed E-state index contributed by atoms with van der Waals surface area (Å²) in [6.07, 6.45) is 15.6. The van der Waals surface area contributed by atoms with Crippen LogP contribution in [0.2, 0.25) is 0 Å². The minimum absolute atomic E-state index is 0.148. The molecule has 0 bridgehead atoms. The fraction of sp³-hybridized carbons (Fsp3) is 0.905. The molecule has 1 atom stereocenters. The summed E-state index contributed by atoms with van der Waals surface area (Å²) in [5.41, 5.74) is 0. The molecule has 0 aromatic rings. The Morgan fingerprint density at radius 3 is 1.75 bits per heavy atom. The third kappa shape index (κ3) is 9.80. The largest absolute Gasteiger partial charge is 0.327 e. The van der Waals surface area contributed by atoms with Gasteiger partial charge in [0, 0.05) is 19.8 Å². The van der Waals surface area contributed by atoms with E-state index in [2.05, 4.69) is 26.0 Å². The second kappa shape index (κ2) is 16.1. The van der Waals surface area contributed by atoms with Crippen molar-refractivity contribution in [2.45, 2.75) is 98.4 Å². The third-order valence-corrected chi connectivity index (χ3v) is 4.18. The minimum Gasteiger partial charge on any atom is -0.327 e. The predicted octanol–water partition coefficient (Wildman–Crippen LogP) is 6.47. The van der Waals surface area contributed by atoms with E-state index in [-0.39, 0.29) is 5.92 Å². The number of allylic oxidation sites excluding steroid dienone is 1. The zero-order valence-electron chi connectivity index (χ0n) is 16.9. The van der Waals surface area contributed by atoms with Gasteiger partial charge in [0.2, 0.25) is 0 Å². The molecule has 0 fully saturated rings. The first-order chi connectivity index (χ1) is 11.7. The Labute approximate surface area is 151 Å². The van der Waals surface area contributed by atoms with Crippen LogP contribution in [0.1, 0.15) is 92.4 Å². The Balaban J connectivity index is 4.87. The predicted molar refractivity (Wildman–Crippen MR) is 103 cm³/mol. The Morgan fingerprint density at radius 1 is 0.708 bits per heavy atom. The molecule has 0 aliphatic rings. The van der Waals surface area contributed by atoms with Crippen LogP contribution in [0.5, 0.6) is 0 Å². The van der Waals surface area contributed by atoms with Crippen molar-refractivity contribution in [3.63, 3.8) is 0 Å². The number of ether oxygens (including phenoxy) is 3. The van der Waals surface area contributed by atoms with Gasteiger partial charge in [0.25, 0.3) is 5.97 Å². The van der Waals surface area contributed by atoms with Gasteiger partial charge < -0.3 is 14.2 Å². The van der Waals surface area contributed by atoms with Gasteiger partial charge in [0.15, 0.2) is 0 Å². The van der Waals surface area contributed by atoms with Crippen molar-refractivity contribution < 1.29 is 14.2 Å². The summed E-state index contributed by atoms with van der Waals surface area (Å²) in [5.74, 6) is -0.776. The first-order valence-electron chi connectivity index (χ1n) is 10.3. The van der Waals surface area contributed by atoms with Crippen molar-refractivity contribution in [3.8, 4) is 0 Å². The molecule has 0 radical (unpaired) electrons. The van der Waals surface area contributed by atoms with Crippen molar-refractivity contribution >= 4 is 0 Å². The van der Waals surface area contributed by atoms with Gasteiger partial charge in [-0.25, -0.2) is 0 Å². The number of hydrogen-bond donors (Lipinski definition) is 0. The summed E-state index contributed by atoms with van der Waals surface area (Å²) in [5, 5.41) is 0. The molecule has 3 heteroatoms. The molecule has 0 aromatic heterocycles. The molecule has 0 aliphatic carbocycles. The lowest BCUT2D eigenvalue weighted by Crippen LogP contribution is -2.46. The van der Waals surface area contributed by atoms with Gasteiger partial charge >= 0.3 is 0 Å². The first-order valence-corrected chi connectivity index (χ1v) is 10.3. The van der Waals surface area contributed by atoms with E-state index in [1.807, 2.05) is 20.8 Å². The highest BCUT2D eigenvalue weighted by molar-refractivity contribution is 4.93. The maximum atomic E-state index is 6.00. The summed E-state index contributed by atoms with van der Waals surface area (Å²) >= 11 is 0. The van der Waals surface area contributed by atoms with Gasteiger partial charge in [0.1, 0.15) is 0 Å². The highest BCUT2D eigenvalue weighted by Crippen LogP contribution is 2.32. The second-order valence-electron chi connectivity index (χ2n) is 6.28. The molecule has 0 saturated carbocycles. The molecule has 0 N–H and O–H groups in total. The quantitative estimate of drug-likeness (QED) is 0.172. The molecule has 0 aromatic carbocycles. The summed E-state index contributed by atoms with van der Waals surface area (Å²) in [4.78, 5) is 0. The standard InChI is InChI=1S/C21H42O3/c1-6-11-13-14-15-17-19-20(18-16-12-7-2)21(22-8-3,23-9-4)24-10-5/h16,18,20H,6-15,17,19H2,1-5H3. The molecule has 0 aliphatic heterocycles. The van der Waals surface area contributed by atoms with E-state index in [1.165, 1.54) is 38.5 Å². The fourth-order valence-corrected chi connectivity index (χ4v) is 3.01. The summed E-state index contributed by atoms with van der Waals surface area (Å²) in [7, 11) is 0. The van der Waals surface area contributed by atoms with Gasteiger partial charge in [-0.05, 0) is 33.6 Å². The van der Waals surface area contributed by atoms with Gasteiger partial charge in [-0.3, -0.25) is 0 Å². The smallest absolute Gasteiger partial charge is 0.289 e. The molecule has 0 spiro atoms. The topological polar surface area (TPSA) is 27.7 Å². The minimum atomic E-state index is -0.925. The molecule has 144 valence electrons. The molecule has 0 amide bonds. The lowest BCUT2D eigenvalue weighted by Gasteiger charge is -2.38. The average Bonchev–Trinajstić information content (AvgIpc) is 2.57. The first kappa shape index (κ1) is 23.6. The molecule has 3 nitrogen and oxygen atoms in total. The molecule has 24 heavy (non-hydrogen) atoms. The van der Waals surface area contributed by atoms with Crippen molar-refractivity contribution in [3.05, 3.63) is 12.2 Å². The summed E-state index contributed by atoms with van der Waals surface area (Å²) in [6, 6.07) is 0. The second-order valence-corrected chi connectivity index (χ2v) is 6.28. The van der Waals surface area contributed by atoms with Crippen LogP contribution >= 0.6 is 0 Å². The van der Waals surface area contributed by atoms with E-state index in [1.54, 1.807) is 0 Å². The van der Waals surface area contributed by atoms with Crippen LogP contribution in [0.3, 0.4) is 0 Å². The van der Waals surface area contributed by atoms with Crippen LogP contribution in [0.4, 0.5) is 0 Å². The molecular weight excluding hydrogens is 300 g/mol. The highest BCUT2D eigenvalue weighted by atomic mass is 16.9. The number of rotatable bonds is 17. The molecule has 0 rings (SSSR count). The van der Waals surface area contributed by atoms with E-state index in [0.717, 1.165) is 19.3 Å². The van der Waals surface area contributed by atoms with Crippen molar-refractivity contribution in [2.24, 2.45) is 5.92 Å². The van der Waals surface area contributed by atoms with E-state index in [4.69, 9.17) is 14.2 Å². The van der Waals surface area contributed by atoms with Gasteiger partial charge in [-0.2, -0.15) is 0 Å².